The van der Waals surface area contributed by atoms with Crippen molar-refractivity contribution < 1.29 is 14.2 Å². The molecule has 0 radical (unpaired) electrons. The first-order valence-electron chi connectivity index (χ1n) is 10.7. The van der Waals surface area contributed by atoms with Gasteiger partial charge in [-0.05, 0) is 38.5 Å². The van der Waals surface area contributed by atoms with E-state index >= 15 is 0 Å². The lowest BCUT2D eigenvalue weighted by molar-refractivity contribution is 0.185. The summed E-state index contributed by atoms with van der Waals surface area (Å²) in [7, 11) is 3.26. The summed E-state index contributed by atoms with van der Waals surface area (Å²) in [6.07, 6.45) is 4.54. The van der Waals surface area contributed by atoms with Crippen LogP contribution in [0.1, 0.15) is 29.6 Å². The third-order valence-electron chi connectivity index (χ3n) is 5.87. The number of nitrogens with zero attached hydrogens (tertiary/aromatic N) is 4. The first-order chi connectivity index (χ1) is 15.5. The van der Waals surface area contributed by atoms with E-state index in [1.165, 1.54) is 0 Å². The van der Waals surface area contributed by atoms with Gasteiger partial charge in [0.2, 0.25) is 5.88 Å². The highest BCUT2D eigenvalue weighted by atomic mass is 16.5. The summed E-state index contributed by atoms with van der Waals surface area (Å²) < 4.78 is 18.2. The Morgan fingerprint density at radius 2 is 1.91 bits per heavy atom. The molecule has 0 N–H and O–H groups in total. The minimum atomic E-state index is -0.0633. The van der Waals surface area contributed by atoms with Crippen LogP contribution in [0.15, 0.2) is 41.5 Å². The van der Waals surface area contributed by atoms with E-state index in [2.05, 4.69) is 15.0 Å². The Labute approximate surface area is 187 Å². The number of pyridine rings is 2. The maximum Gasteiger partial charge on any atom is 0.250 e. The Hall–Kier alpha value is -3.26. The molecule has 4 rings (SSSR count). The Morgan fingerprint density at radius 1 is 1.06 bits per heavy atom. The number of methoxy groups -OCH3 is 2. The van der Waals surface area contributed by atoms with Crippen LogP contribution in [0.2, 0.25) is 0 Å². The molecule has 1 aliphatic rings. The van der Waals surface area contributed by atoms with Crippen LogP contribution in [0.25, 0.3) is 11.1 Å². The molecule has 2 atom stereocenters. The van der Waals surface area contributed by atoms with Crippen molar-refractivity contribution in [3.63, 3.8) is 0 Å². The zero-order valence-corrected chi connectivity index (χ0v) is 18.9. The number of hydrogen-bond donors (Lipinski definition) is 0. The Balaban J connectivity index is 1.53. The van der Waals surface area contributed by atoms with E-state index in [9.17, 15) is 4.79 Å². The maximum atomic E-state index is 12.3. The molecule has 3 aromatic rings. The third-order valence-corrected chi connectivity index (χ3v) is 5.87. The van der Waals surface area contributed by atoms with Crippen molar-refractivity contribution in [3.8, 4) is 22.8 Å². The molecule has 0 amide bonds. The summed E-state index contributed by atoms with van der Waals surface area (Å²) in [6, 6.07) is 7.32. The highest BCUT2D eigenvalue weighted by Crippen LogP contribution is 2.47. The van der Waals surface area contributed by atoms with Gasteiger partial charge in [0.1, 0.15) is 11.6 Å². The number of hydrogen-bond acceptors (Lipinski definition) is 7. The highest BCUT2D eigenvalue weighted by Gasteiger charge is 2.40. The van der Waals surface area contributed by atoms with Crippen molar-refractivity contribution in [2.45, 2.75) is 32.7 Å². The smallest absolute Gasteiger partial charge is 0.250 e. The lowest BCUT2D eigenvalue weighted by atomic mass is 10.1. The first-order valence-corrected chi connectivity index (χ1v) is 10.7. The first kappa shape index (κ1) is 22.0. The minimum absolute atomic E-state index is 0.0633. The molecule has 168 valence electrons. The molecule has 0 aromatic carbocycles. The lowest BCUT2D eigenvalue weighted by Gasteiger charge is -2.16. The highest BCUT2D eigenvalue weighted by molar-refractivity contribution is 5.69. The number of aryl methyl sites for hydroxylation is 1. The van der Waals surface area contributed by atoms with Crippen LogP contribution in [0.3, 0.4) is 0 Å². The number of aromatic nitrogens is 4. The largest absolute Gasteiger partial charge is 0.495 e. The van der Waals surface area contributed by atoms with E-state index in [0.29, 0.717) is 43.3 Å². The van der Waals surface area contributed by atoms with Gasteiger partial charge in [-0.3, -0.25) is 9.78 Å². The van der Waals surface area contributed by atoms with Crippen LogP contribution in [-0.2, 0) is 11.3 Å². The second kappa shape index (κ2) is 9.48. The molecule has 0 aliphatic heterocycles. The van der Waals surface area contributed by atoms with E-state index in [1.807, 2.05) is 32.0 Å². The van der Waals surface area contributed by atoms with Crippen LogP contribution in [-0.4, -0.2) is 47.0 Å². The van der Waals surface area contributed by atoms with Crippen molar-refractivity contribution >= 4 is 0 Å². The van der Waals surface area contributed by atoms with Gasteiger partial charge < -0.3 is 18.8 Å². The van der Waals surface area contributed by atoms with E-state index in [0.717, 1.165) is 34.7 Å². The fraction of sp³-hybridized carbons (Fsp3) is 0.417. The van der Waals surface area contributed by atoms with Gasteiger partial charge in [0.15, 0.2) is 0 Å². The molecule has 8 heteroatoms. The van der Waals surface area contributed by atoms with Gasteiger partial charge in [-0.1, -0.05) is 0 Å². The van der Waals surface area contributed by atoms with Crippen molar-refractivity contribution in [1.29, 1.82) is 0 Å². The summed E-state index contributed by atoms with van der Waals surface area (Å²) >= 11 is 0. The fourth-order valence-corrected chi connectivity index (χ4v) is 3.88. The van der Waals surface area contributed by atoms with Crippen molar-refractivity contribution in [2.24, 2.45) is 5.92 Å². The maximum absolute atomic E-state index is 12.3. The zero-order valence-electron chi connectivity index (χ0n) is 18.9. The predicted octanol–water partition coefficient (Wildman–Crippen LogP) is 3.15. The molecule has 1 saturated carbocycles. The molecule has 3 heterocycles. The van der Waals surface area contributed by atoms with Crippen molar-refractivity contribution in [2.75, 3.05) is 27.4 Å². The van der Waals surface area contributed by atoms with E-state index < -0.39 is 0 Å². The van der Waals surface area contributed by atoms with Gasteiger partial charge in [0, 0.05) is 54.7 Å². The predicted molar refractivity (Wildman–Crippen MR) is 120 cm³/mol. The Morgan fingerprint density at radius 3 is 2.62 bits per heavy atom. The van der Waals surface area contributed by atoms with Gasteiger partial charge >= 0.3 is 0 Å². The van der Waals surface area contributed by atoms with E-state index in [4.69, 9.17) is 14.2 Å². The summed E-state index contributed by atoms with van der Waals surface area (Å²) in [6.45, 7) is 5.24. The molecule has 32 heavy (non-hydrogen) atoms. The monoisotopic (exact) mass is 436 g/mol. The standard InChI is InChI=1S/C24H28N4O4/c1-15-19(6-8-23(29)28(15)9-10-30-3)21-13-25-16(2)27-24(21)32-14-17-11-20(17)22-7-5-18(31-4)12-26-22/h5-8,12-13,17,20H,9-11,14H2,1-4H3/t17?,20-/m0/s1. The van der Waals surface area contributed by atoms with Crippen molar-refractivity contribution in [1.82, 2.24) is 19.5 Å². The fourth-order valence-electron chi connectivity index (χ4n) is 3.88. The molecule has 1 fully saturated rings. The normalized spacial score (nSPS) is 17.2. The molecular weight excluding hydrogens is 408 g/mol. The van der Waals surface area contributed by atoms with E-state index in [1.54, 1.807) is 37.2 Å². The summed E-state index contributed by atoms with van der Waals surface area (Å²) in [5, 5.41) is 0. The number of rotatable bonds is 9. The molecule has 8 nitrogen and oxygen atoms in total. The summed E-state index contributed by atoms with van der Waals surface area (Å²) in [5.41, 5.74) is 3.48. The topological polar surface area (TPSA) is 88.4 Å². The van der Waals surface area contributed by atoms with Gasteiger partial charge in [-0.15, -0.1) is 0 Å². The molecule has 0 bridgehead atoms. The molecule has 0 spiro atoms. The van der Waals surface area contributed by atoms with Crippen LogP contribution in [0.5, 0.6) is 11.6 Å². The Bertz CT molecular complexity index is 1140. The van der Waals surface area contributed by atoms with Gasteiger partial charge in [0.05, 0.1) is 32.1 Å². The van der Waals surface area contributed by atoms with E-state index in [-0.39, 0.29) is 5.56 Å². The van der Waals surface area contributed by atoms with Crippen molar-refractivity contribution in [3.05, 3.63) is 64.2 Å². The molecule has 3 aromatic heterocycles. The van der Waals surface area contributed by atoms with Gasteiger partial charge in [0.25, 0.3) is 5.56 Å². The lowest BCUT2D eigenvalue weighted by Crippen LogP contribution is -2.24. The average Bonchev–Trinajstić information content (AvgIpc) is 3.58. The Kier molecular flexibility index (Phi) is 6.50. The summed E-state index contributed by atoms with van der Waals surface area (Å²) in [4.78, 5) is 25.8. The van der Waals surface area contributed by atoms with Crippen LogP contribution >= 0.6 is 0 Å². The molecular formula is C24H28N4O4. The average molecular weight is 437 g/mol. The second-order valence-electron chi connectivity index (χ2n) is 7.99. The molecule has 1 unspecified atom stereocenters. The second-order valence-corrected chi connectivity index (χ2v) is 7.99. The van der Waals surface area contributed by atoms with Crippen LogP contribution in [0.4, 0.5) is 0 Å². The SMILES string of the molecule is COCCn1c(C)c(-c2cnc(C)nc2OCC2C[C@@H]2c2ccc(OC)cn2)ccc1=O. The molecule has 0 saturated heterocycles. The molecule has 1 aliphatic carbocycles. The number of ether oxygens (including phenoxy) is 3. The quantitative estimate of drug-likeness (QED) is 0.509. The minimum Gasteiger partial charge on any atom is -0.495 e. The third kappa shape index (κ3) is 4.65. The zero-order chi connectivity index (χ0) is 22.7. The van der Waals surface area contributed by atoms with Gasteiger partial charge in [-0.2, -0.15) is 4.98 Å². The van der Waals surface area contributed by atoms with Gasteiger partial charge in [-0.25, -0.2) is 4.98 Å². The van der Waals surface area contributed by atoms with Crippen LogP contribution < -0.4 is 15.0 Å². The summed E-state index contributed by atoms with van der Waals surface area (Å²) in [5.74, 6) is 2.69. The van der Waals surface area contributed by atoms with Crippen LogP contribution in [0, 0.1) is 19.8 Å².